The first kappa shape index (κ1) is 14.8. The molecule has 0 heterocycles. The van der Waals surface area contributed by atoms with Crippen molar-refractivity contribution in [3.8, 4) is 0 Å². The Morgan fingerprint density at radius 3 is 2.50 bits per heavy atom. The Hall–Kier alpha value is -1.61. The van der Waals surface area contributed by atoms with E-state index in [1.807, 2.05) is 42.5 Å². The monoisotopic (exact) mass is 273 g/mol. The molecule has 2 N–H and O–H groups in total. The van der Waals surface area contributed by atoms with Crippen LogP contribution in [0.2, 0.25) is 0 Å². The summed E-state index contributed by atoms with van der Waals surface area (Å²) in [4.78, 5) is 11.4. The molecular weight excluding hydrogens is 250 g/mol. The maximum Gasteiger partial charge on any atom is 0.303 e. The maximum atomic E-state index is 11.4. The molecule has 1 saturated carbocycles. The second-order valence-electron chi connectivity index (χ2n) is 5.51. The first-order chi connectivity index (χ1) is 9.62. The van der Waals surface area contributed by atoms with E-state index in [0.717, 1.165) is 31.2 Å². The number of hydrogen-bond acceptors (Lipinski definition) is 3. The predicted molar refractivity (Wildman–Crippen MR) is 81.0 cm³/mol. The summed E-state index contributed by atoms with van der Waals surface area (Å²) in [6.07, 6.45) is 9.01. The van der Waals surface area contributed by atoms with Gasteiger partial charge in [-0.25, -0.2) is 0 Å². The SMILES string of the molecule is CC(=O)OC1(C(N)C=Cc2ccccc2)CCCCC1. The molecule has 0 spiro atoms. The van der Waals surface area contributed by atoms with E-state index in [9.17, 15) is 4.79 Å². The third-order valence-corrected chi connectivity index (χ3v) is 3.95. The molecule has 1 fully saturated rings. The number of benzene rings is 1. The largest absolute Gasteiger partial charge is 0.457 e. The van der Waals surface area contributed by atoms with Crippen LogP contribution in [0, 0.1) is 0 Å². The zero-order valence-electron chi connectivity index (χ0n) is 12.0. The van der Waals surface area contributed by atoms with Gasteiger partial charge in [-0.1, -0.05) is 48.9 Å². The van der Waals surface area contributed by atoms with Crippen LogP contribution in [-0.4, -0.2) is 17.6 Å². The number of hydrogen-bond donors (Lipinski definition) is 1. The summed E-state index contributed by atoms with van der Waals surface area (Å²) in [7, 11) is 0. The highest BCUT2D eigenvalue weighted by atomic mass is 16.6. The molecule has 1 unspecified atom stereocenters. The molecule has 0 saturated heterocycles. The Balaban J connectivity index is 2.12. The van der Waals surface area contributed by atoms with Gasteiger partial charge in [-0.3, -0.25) is 4.79 Å². The van der Waals surface area contributed by atoms with Crippen molar-refractivity contribution >= 4 is 12.0 Å². The van der Waals surface area contributed by atoms with Crippen LogP contribution in [0.1, 0.15) is 44.6 Å². The van der Waals surface area contributed by atoms with E-state index in [1.165, 1.54) is 13.3 Å². The molecule has 20 heavy (non-hydrogen) atoms. The van der Waals surface area contributed by atoms with E-state index in [2.05, 4.69) is 0 Å². The van der Waals surface area contributed by atoms with Crippen LogP contribution in [0.4, 0.5) is 0 Å². The normalized spacial score (nSPS) is 19.7. The molecule has 0 radical (unpaired) electrons. The summed E-state index contributed by atoms with van der Waals surface area (Å²) in [6, 6.07) is 9.78. The summed E-state index contributed by atoms with van der Waals surface area (Å²) in [5.74, 6) is -0.240. The molecule has 0 aromatic heterocycles. The molecule has 3 nitrogen and oxygen atoms in total. The fraction of sp³-hybridized carbons (Fsp3) is 0.471. The van der Waals surface area contributed by atoms with Gasteiger partial charge in [0.15, 0.2) is 0 Å². The highest BCUT2D eigenvalue weighted by Crippen LogP contribution is 2.34. The minimum absolute atomic E-state index is 0.240. The maximum absolute atomic E-state index is 11.4. The molecule has 108 valence electrons. The van der Waals surface area contributed by atoms with Gasteiger partial charge in [-0.05, 0) is 31.2 Å². The Bertz CT molecular complexity index is 461. The summed E-state index contributed by atoms with van der Waals surface area (Å²) >= 11 is 0. The van der Waals surface area contributed by atoms with Crippen LogP contribution in [0.3, 0.4) is 0 Å². The van der Waals surface area contributed by atoms with Crippen LogP contribution < -0.4 is 5.73 Å². The van der Waals surface area contributed by atoms with Crippen LogP contribution in [-0.2, 0) is 9.53 Å². The van der Waals surface area contributed by atoms with E-state index >= 15 is 0 Å². The van der Waals surface area contributed by atoms with Gasteiger partial charge >= 0.3 is 5.97 Å². The summed E-state index contributed by atoms with van der Waals surface area (Å²) in [5, 5.41) is 0. The third-order valence-electron chi connectivity index (χ3n) is 3.95. The number of ether oxygens (including phenoxy) is 1. The van der Waals surface area contributed by atoms with E-state index < -0.39 is 5.60 Å². The third kappa shape index (κ3) is 3.70. The molecule has 1 atom stereocenters. The summed E-state index contributed by atoms with van der Waals surface area (Å²) in [5.41, 5.74) is 6.91. The average molecular weight is 273 g/mol. The second-order valence-corrected chi connectivity index (χ2v) is 5.51. The zero-order chi connectivity index (χ0) is 14.4. The second kappa shape index (κ2) is 6.71. The molecule has 1 aromatic carbocycles. The van der Waals surface area contributed by atoms with Gasteiger partial charge in [0.1, 0.15) is 5.60 Å². The molecular formula is C17H23NO2. The molecule has 1 aliphatic carbocycles. The Morgan fingerprint density at radius 1 is 1.25 bits per heavy atom. The van der Waals surface area contributed by atoms with E-state index in [4.69, 9.17) is 10.5 Å². The number of rotatable bonds is 4. The fourth-order valence-corrected chi connectivity index (χ4v) is 2.89. The minimum atomic E-state index is -0.518. The van der Waals surface area contributed by atoms with Crippen molar-refractivity contribution in [1.29, 1.82) is 0 Å². The Morgan fingerprint density at radius 2 is 1.90 bits per heavy atom. The highest BCUT2D eigenvalue weighted by Gasteiger charge is 2.39. The van der Waals surface area contributed by atoms with Crippen LogP contribution in [0.5, 0.6) is 0 Å². The van der Waals surface area contributed by atoms with Crippen LogP contribution in [0.25, 0.3) is 6.08 Å². The summed E-state index contributed by atoms with van der Waals surface area (Å²) in [6.45, 7) is 1.46. The van der Waals surface area contributed by atoms with Gasteiger partial charge in [-0.2, -0.15) is 0 Å². The van der Waals surface area contributed by atoms with Crippen LogP contribution >= 0.6 is 0 Å². The molecule has 1 aliphatic rings. The van der Waals surface area contributed by atoms with Gasteiger partial charge < -0.3 is 10.5 Å². The van der Waals surface area contributed by atoms with Crippen LogP contribution in [0.15, 0.2) is 36.4 Å². The van der Waals surface area contributed by atoms with Gasteiger partial charge in [0.05, 0.1) is 6.04 Å². The topological polar surface area (TPSA) is 52.3 Å². The number of carbonyl (C=O) groups is 1. The quantitative estimate of drug-likeness (QED) is 0.856. The number of esters is 1. The smallest absolute Gasteiger partial charge is 0.303 e. The lowest BCUT2D eigenvalue weighted by molar-refractivity contribution is -0.161. The van der Waals surface area contributed by atoms with Crippen molar-refractivity contribution in [1.82, 2.24) is 0 Å². The molecule has 0 aliphatic heterocycles. The number of carbonyl (C=O) groups excluding carboxylic acids is 1. The molecule has 3 heteroatoms. The predicted octanol–water partition coefficient (Wildman–Crippen LogP) is 3.29. The Labute approximate surface area is 120 Å². The fourth-order valence-electron chi connectivity index (χ4n) is 2.89. The van der Waals surface area contributed by atoms with E-state index in [1.54, 1.807) is 0 Å². The van der Waals surface area contributed by atoms with Crippen molar-refractivity contribution in [2.24, 2.45) is 5.73 Å². The van der Waals surface area contributed by atoms with E-state index in [-0.39, 0.29) is 12.0 Å². The molecule has 2 rings (SSSR count). The first-order valence-corrected chi connectivity index (χ1v) is 7.31. The summed E-state index contributed by atoms with van der Waals surface area (Å²) < 4.78 is 5.61. The standard InChI is InChI=1S/C17H23NO2/c1-14(19)20-17(12-6-3-7-13-17)16(18)11-10-15-8-4-2-5-9-15/h2,4-5,8-11,16H,3,6-7,12-13,18H2,1H3. The molecule has 0 amide bonds. The zero-order valence-corrected chi connectivity index (χ0v) is 12.0. The molecule has 1 aromatic rings. The van der Waals surface area contributed by atoms with Crippen molar-refractivity contribution in [2.45, 2.75) is 50.7 Å². The van der Waals surface area contributed by atoms with Gasteiger partial charge in [0.2, 0.25) is 0 Å². The molecule has 0 bridgehead atoms. The van der Waals surface area contributed by atoms with Gasteiger partial charge in [0, 0.05) is 6.92 Å². The lowest BCUT2D eigenvalue weighted by atomic mass is 9.79. The minimum Gasteiger partial charge on any atom is -0.457 e. The Kier molecular flexibility index (Phi) is 4.96. The van der Waals surface area contributed by atoms with Crippen molar-refractivity contribution in [3.05, 3.63) is 42.0 Å². The van der Waals surface area contributed by atoms with Crippen molar-refractivity contribution < 1.29 is 9.53 Å². The highest BCUT2D eigenvalue weighted by molar-refractivity contribution is 5.66. The lowest BCUT2D eigenvalue weighted by Crippen LogP contribution is -2.51. The van der Waals surface area contributed by atoms with E-state index in [0.29, 0.717) is 0 Å². The van der Waals surface area contributed by atoms with Gasteiger partial charge in [-0.15, -0.1) is 0 Å². The lowest BCUT2D eigenvalue weighted by Gasteiger charge is -2.39. The van der Waals surface area contributed by atoms with Crippen molar-refractivity contribution in [2.75, 3.05) is 0 Å². The average Bonchev–Trinajstić information content (AvgIpc) is 2.46. The van der Waals surface area contributed by atoms with Gasteiger partial charge in [0.25, 0.3) is 0 Å². The first-order valence-electron chi connectivity index (χ1n) is 7.31. The number of nitrogens with two attached hydrogens (primary N) is 1. The van der Waals surface area contributed by atoms with Crippen molar-refractivity contribution in [3.63, 3.8) is 0 Å².